The van der Waals surface area contributed by atoms with E-state index in [1.807, 2.05) is 79.1 Å². The Hall–Kier alpha value is -3.11. The molecule has 0 aliphatic heterocycles. The lowest BCUT2D eigenvalue weighted by Crippen LogP contribution is -2.30. The summed E-state index contributed by atoms with van der Waals surface area (Å²) >= 11 is 0. The summed E-state index contributed by atoms with van der Waals surface area (Å²) in [7, 11) is 1.64. The SMILES string of the molecule is COc1ccc2c(c1)C=Cc1ccccc1C2(O)/C=N/n1cccc1. The first-order chi connectivity index (χ1) is 12.2. The second kappa shape index (κ2) is 6.07. The molecule has 0 saturated carbocycles. The van der Waals surface area contributed by atoms with E-state index >= 15 is 0 Å². The third-order valence-electron chi connectivity index (χ3n) is 4.45. The van der Waals surface area contributed by atoms with Crippen LogP contribution in [0.2, 0.25) is 0 Å². The van der Waals surface area contributed by atoms with E-state index in [1.165, 1.54) is 0 Å². The average molecular weight is 330 g/mol. The van der Waals surface area contributed by atoms with Crippen molar-refractivity contribution in [1.82, 2.24) is 4.68 Å². The molecule has 0 fully saturated rings. The maximum absolute atomic E-state index is 11.7. The van der Waals surface area contributed by atoms with Gasteiger partial charge in [0.05, 0.1) is 13.3 Å². The summed E-state index contributed by atoms with van der Waals surface area (Å²) in [6.07, 6.45) is 9.25. The van der Waals surface area contributed by atoms with E-state index in [4.69, 9.17) is 4.74 Å². The summed E-state index contributed by atoms with van der Waals surface area (Å²) in [5, 5.41) is 16.1. The summed E-state index contributed by atoms with van der Waals surface area (Å²) in [5.74, 6) is 0.749. The van der Waals surface area contributed by atoms with Crippen molar-refractivity contribution in [3.8, 4) is 5.75 Å². The van der Waals surface area contributed by atoms with Crippen LogP contribution in [0.5, 0.6) is 5.75 Å². The third-order valence-corrected chi connectivity index (χ3v) is 4.45. The maximum atomic E-state index is 11.7. The molecule has 0 amide bonds. The molecular weight excluding hydrogens is 312 g/mol. The van der Waals surface area contributed by atoms with Gasteiger partial charge in [-0.1, -0.05) is 42.5 Å². The standard InChI is InChI=1S/C21H18N2O2/c1-25-18-10-11-20-17(14-18)9-8-16-6-2-3-7-19(16)21(20,24)15-22-23-12-4-5-13-23/h2-15,24H,1H3/b22-15+. The van der Waals surface area contributed by atoms with Crippen LogP contribution in [0.15, 0.2) is 72.1 Å². The smallest absolute Gasteiger partial charge is 0.153 e. The van der Waals surface area contributed by atoms with Crippen molar-refractivity contribution >= 4 is 18.4 Å². The number of nitrogens with zero attached hydrogens (tertiary/aromatic N) is 2. The van der Waals surface area contributed by atoms with E-state index in [9.17, 15) is 5.11 Å². The fourth-order valence-electron chi connectivity index (χ4n) is 3.16. The number of ether oxygens (including phenoxy) is 1. The Morgan fingerprint density at radius 2 is 1.68 bits per heavy atom. The molecule has 0 spiro atoms. The fraction of sp³-hybridized carbons (Fsp3) is 0.0952. The number of rotatable bonds is 3. The van der Waals surface area contributed by atoms with Gasteiger partial charge >= 0.3 is 0 Å². The van der Waals surface area contributed by atoms with Crippen LogP contribution in [0.4, 0.5) is 0 Å². The van der Waals surface area contributed by atoms with Gasteiger partial charge in [-0.2, -0.15) is 5.10 Å². The quantitative estimate of drug-likeness (QED) is 0.744. The normalized spacial score (nSPS) is 18.6. The van der Waals surface area contributed by atoms with E-state index in [0.29, 0.717) is 0 Å². The summed E-state index contributed by atoms with van der Waals surface area (Å²) in [6.45, 7) is 0. The number of methoxy groups -OCH3 is 1. The molecule has 1 aromatic heterocycles. The molecule has 1 unspecified atom stereocenters. The molecule has 0 saturated heterocycles. The predicted molar refractivity (Wildman–Crippen MR) is 99.7 cm³/mol. The summed E-state index contributed by atoms with van der Waals surface area (Å²) in [6, 6.07) is 17.3. The zero-order valence-electron chi connectivity index (χ0n) is 13.8. The number of hydrogen-bond donors (Lipinski definition) is 1. The van der Waals surface area contributed by atoms with Crippen molar-refractivity contribution in [2.45, 2.75) is 5.60 Å². The number of aliphatic hydroxyl groups is 1. The van der Waals surface area contributed by atoms with Crippen LogP contribution in [-0.2, 0) is 5.60 Å². The number of fused-ring (bicyclic) bond motifs is 2. The zero-order chi connectivity index (χ0) is 17.3. The minimum absolute atomic E-state index is 0.749. The highest BCUT2D eigenvalue weighted by Gasteiger charge is 2.35. The summed E-state index contributed by atoms with van der Waals surface area (Å²) in [5.41, 5.74) is 2.08. The third kappa shape index (κ3) is 2.66. The van der Waals surface area contributed by atoms with Crippen LogP contribution < -0.4 is 4.74 Å². The molecular formula is C21H18N2O2. The number of benzene rings is 2. The fourth-order valence-corrected chi connectivity index (χ4v) is 3.16. The van der Waals surface area contributed by atoms with E-state index in [1.54, 1.807) is 18.0 Å². The van der Waals surface area contributed by atoms with Crippen LogP contribution in [0.3, 0.4) is 0 Å². The van der Waals surface area contributed by atoms with E-state index in [-0.39, 0.29) is 0 Å². The number of hydrogen-bond acceptors (Lipinski definition) is 3. The molecule has 4 rings (SSSR count). The molecule has 124 valence electrons. The van der Waals surface area contributed by atoms with Crippen LogP contribution in [0.25, 0.3) is 12.2 Å². The van der Waals surface area contributed by atoms with Crippen LogP contribution in [0.1, 0.15) is 22.3 Å². The van der Waals surface area contributed by atoms with Crippen molar-refractivity contribution < 1.29 is 9.84 Å². The van der Waals surface area contributed by atoms with Crippen molar-refractivity contribution in [1.29, 1.82) is 0 Å². The zero-order valence-corrected chi connectivity index (χ0v) is 13.8. The van der Waals surface area contributed by atoms with Crippen LogP contribution >= 0.6 is 0 Å². The maximum Gasteiger partial charge on any atom is 0.153 e. The van der Waals surface area contributed by atoms with Gasteiger partial charge < -0.3 is 9.84 Å². The highest BCUT2D eigenvalue weighted by atomic mass is 16.5. The van der Waals surface area contributed by atoms with Gasteiger partial charge in [-0.05, 0) is 35.4 Å². The second-order valence-corrected chi connectivity index (χ2v) is 5.95. The van der Waals surface area contributed by atoms with Crippen molar-refractivity contribution in [2.24, 2.45) is 5.10 Å². The summed E-state index contributed by atoms with van der Waals surface area (Å²) < 4.78 is 7.00. The van der Waals surface area contributed by atoms with Crippen molar-refractivity contribution in [2.75, 3.05) is 7.11 Å². The van der Waals surface area contributed by atoms with Gasteiger partial charge in [-0.15, -0.1) is 0 Å². The molecule has 1 aliphatic carbocycles. The first kappa shape index (κ1) is 15.4. The molecule has 0 radical (unpaired) electrons. The van der Waals surface area contributed by atoms with Gasteiger partial charge in [-0.25, -0.2) is 4.68 Å². The van der Waals surface area contributed by atoms with E-state index in [0.717, 1.165) is 28.0 Å². The highest BCUT2D eigenvalue weighted by molar-refractivity contribution is 5.87. The van der Waals surface area contributed by atoms with Gasteiger partial charge in [0.15, 0.2) is 5.60 Å². The minimum Gasteiger partial charge on any atom is -0.497 e. The van der Waals surface area contributed by atoms with Crippen molar-refractivity contribution in [3.63, 3.8) is 0 Å². The lowest BCUT2D eigenvalue weighted by molar-refractivity contribution is 0.160. The van der Waals surface area contributed by atoms with Gasteiger partial charge in [0.2, 0.25) is 0 Å². The Morgan fingerprint density at radius 3 is 2.48 bits per heavy atom. The van der Waals surface area contributed by atoms with Crippen LogP contribution in [-0.4, -0.2) is 23.1 Å². The lowest BCUT2D eigenvalue weighted by Gasteiger charge is -2.27. The largest absolute Gasteiger partial charge is 0.497 e. The highest BCUT2D eigenvalue weighted by Crippen LogP contribution is 2.38. The Labute approximate surface area is 146 Å². The Kier molecular flexibility index (Phi) is 3.75. The van der Waals surface area contributed by atoms with E-state index in [2.05, 4.69) is 5.10 Å². The van der Waals surface area contributed by atoms with Gasteiger partial charge in [0, 0.05) is 23.5 Å². The average Bonchev–Trinajstić information content (AvgIpc) is 3.14. The molecule has 3 aromatic rings. The Morgan fingerprint density at radius 1 is 0.960 bits per heavy atom. The molecule has 1 N–H and O–H groups in total. The Bertz CT molecular complexity index is 958. The molecule has 1 aliphatic rings. The topological polar surface area (TPSA) is 46.8 Å². The lowest BCUT2D eigenvalue weighted by atomic mass is 9.84. The van der Waals surface area contributed by atoms with Gasteiger partial charge in [0.25, 0.3) is 0 Å². The van der Waals surface area contributed by atoms with Gasteiger partial charge in [0.1, 0.15) is 5.75 Å². The molecule has 25 heavy (non-hydrogen) atoms. The summed E-state index contributed by atoms with van der Waals surface area (Å²) in [4.78, 5) is 0. The first-order valence-corrected chi connectivity index (χ1v) is 8.08. The molecule has 4 heteroatoms. The first-order valence-electron chi connectivity index (χ1n) is 8.08. The molecule has 1 atom stereocenters. The predicted octanol–water partition coefficient (Wildman–Crippen LogP) is 3.75. The second-order valence-electron chi connectivity index (χ2n) is 5.95. The molecule has 0 bridgehead atoms. The number of aromatic nitrogens is 1. The molecule has 4 nitrogen and oxygen atoms in total. The van der Waals surface area contributed by atoms with E-state index < -0.39 is 5.60 Å². The van der Waals surface area contributed by atoms with Crippen molar-refractivity contribution in [3.05, 3.63) is 89.2 Å². The Balaban J connectivity index is 1.94. The van der Waals surface area contributed by atoms with Crippen LogP contribution in [0, 0.1) is 0 Å². The minimum atomic E-state index is -1.34. The molecule has 2 aromatic carbocycles. The molecule has 1 heterocycles. The van der Waals surface area contributed by atoms with Gasteiger partial charge in [-0.3, -0.25) is 0 Å². The monoisotopic (exact) mass is 330 g/mol.